The second-order valence-corrected chi connectivity index (χ2v) is 12.9. The summed E-state index contributed by atoms with van der Waals surface area (Å²) in [6.45, 7) is 7.10. The SMILES string of the molecule is CCCCCCCCCCCCCCCCCC(=O)N[C@@H](CC(=O)O)C(=O)OCCCCCCCCCCCC(C)C. The van der Waals surface area contributed by atoms with Crippen LogP contribution in [-0.2, 0) is 19.1 Å². The van der Waals surface area contributed by atoms with Gasteiger partial charge in [-0.3, -0.25) is 9.59 Å². The van der Waals surface area contributed by atoms with Crippen molar-refractivity contribution in [3.8, 4) is 0 Å². The molecule has 0 saturated carbocycles. The molecule has 0 fully saturated rings. The van der Waals surface area contributed by atoms with Crippen molar-refractivity contribution in [3.05, 3.63) is 0 Å². The third-order valence-corrected chi connectivity index (χ3v) is 8.18. The molecule has 0 saturated heterocycles. The highest BCUT2D eigenvalue weighted by atomic mass is 16.5. The Labute approximate surface area is 259 Å². The number of hydrogen-bond donors (Lipinski definition) is 2. The van der Waals surface area contributed by atoms with Gasteiger partial charge in [-0.05, 0) is 18.8 Å². The Hall–Kier alpha value is -1.59. The number of unbranched alkanes of at least 4 members (excludes halogenated alkanes) is 22. The molecule has 0 aliphatic rings. The van der Waals surface area contributed by atoms with Crippen LogP contribution in [0.25, 0.3) is 0 Å². The largest absolute Gasteiger partial charge is 0.481 e. The molecule has 0 unspecified atom stereocenters. The zero-order chi connectivity index (χ0) is 31.1. The molecule has 6 heteroatoms. The average molecular weight is 596 g/mol. The third kappa shape index (κ3) is 29.9. The quantitative estimate of drug-likeness (QED) is 0.0596. The minimum absolute atomic E-state index is 0.267. The fourth-order valence-electron chi connectivity index (χ4n) is 5.46. The van der Waals surface area contributed by atoms with Gasteiger partial charge in [-0.15, -0.1) is 0 Å². The Balaban J connectivity index is 3.77. The van der Waals surface area contributed by atoms with Crippen molar-refractivity contribution < 1.29 is 24.2 Å². The van der Waals surface area contributed by atoms with Crippen molar-refractivity contribution in [1.82, 2.24) is 5.32 Å². The maximum Gasteiger partial charge on any atom is 0.329 e. The minimum atomic E-state index is -1.12. The van der Waals surface area contributed by atoms with Gasteiger partial charge >= 0.3 is 11.9 Å². The van der Waals surface area contributed by atoms with Crippen LogP contribution in [-0.4, -0.2) is 35.6 Å². The van der Waals surface area contributed by atoms with Gasteiger partial charge in [-0.1, -0.05) is 168 Å². The topological polar surface area (TPSA) is 92.7 Å². The summed E-state index contributed by atoms with van der Waals surface area (Å²) >= 11 is 0. The minimum Gasteiger partial charge on any atom is -0.481 e. The maximum atomic E-state index is 12.4. The summed E-state index contributed by atoms with van der Waals surface area (Å²) in [7, 11) is 0. The first-order valence-electron chi connectivity index (χ1n) is 18.0. The Morgan fingerprint density at radius 2 is 1.00 bits per heavy atom. The fourth-order valence-corrected chi connectivity index (χ4v) is 5.46. The van der Waals surface area contributed by atoms with Gasteiger partial charge in [0.2, 0.25) is 5.91 Å². The molecule has 0 aliphatic carbocycles. The molecule has 6 nitrogen and oxygen atoms in total. The van der Waals surface area contributed by atoms with Gasteiger partial charge < -0.3 is 15.2 Å². The molecule has 248 valence electrons. The van der Waals surface area contributed by atoms with Crippen LogP contribution in [0.4, 0.5) is 0 Å². The lowest BCUT2D eigenvalue weighted by atomic mass is 10.0. The molecule has 0 rings (SSSR count). The van der Waals surface area contributed by atoms with Crippen LogP contribution >= 0.6 is 0 Å². The van der Waals surface area contributed by atoms with E-state index in [9.17, 15) is 19.5 Å². The smallest absolute Gasteiger partial charge is 0.329 e. The van der Waals surface area contributed by atoms with Crippen molar-refractivity contribution in [2.24, 2.45) is 5.92 Å². The van der Waals surface area contributed by atoms with E-state index in [1.807, 2.05) is 0 Å². The summed E-state index contributed by atoms with van der Waals surface area (Å²) in [6.07, 6.45) is 30.8. The maximum absolute atomic E-state index is 12.4. The first kappa shape index (κ1) is 40.4. The predicted octanol–water partition coefficient (Wildman–Crippen LogP) is 10.3. The van der Waals surface area contributed by atoms with Gasteiger partial charge in [-0.2, -0.15) is 0 Å². The van der Waals surface area contributed by atoms with E-state index < -0.39 is 24.4 Å². The van der Waals surface area contributed by atoms with Crippen molar-refractivity contribution in [1.29, 1.82) is 0 Å². The van der Waals surface area contributed by atoms with E-state index in [4.69, 9.17) is 4.74 Å². The second-order valence-electron chi connectivity index (χ2n) is 12.9. The van der Waals surface area contributed by atoms with Gasteiger partial charge in [0.25, 0.3) is 0 Å². The Kier molecular flexibility index (Phi) is 29.7. The summed E-state index contributed by atoms with van der Waals surface area (Å²) in [5.41, 5.74) is 0. The summed E-state index contributed by atoms with van der Waals surface area (Å²) in [5.74, 6) is -1.22. The summed E-state index contributed by atoms with van der Waals surface area (Å²) in [6, 6.07) is -1.11. The van der Waals surface area contributed by atoms with Gasteiger partial charge in [0, 0.05) is 6.42 Å². The normalized spacial score (nSPS) is 12.0. The van der Waals surface area contributed by atoms with Crippen molar-refractivity contribution >= 4 is 17.8 Å². The lowest BCUT2D eigenvalue weighted by Gasteiger charge is -2.16. The van der Waals surface area contributed by atoms with E-state index in [0.717, 1.165) is 44.4 Å². The molecular weight excluding hydrogens is 526 g/mol. The summed E-state index contributed by atoms with van der Waals surface area (Å²) < 4.78 is 5.31. The van der Waals surface area contributed by atoms with E-state index in [-0.39, 0.29) is 12.5 Å². The number of aliphatic carboxylic acids is 1. The van der Waals surface area contributed by atoms with Crippen LogP contribution in [0.2, 0.25) is 0 Å². The molecular formula is C36H69NO5. The Morgan fingerprint density at radius 1 is 0.595 bits per heavy atom. The molecule has 0 heterocycles. The van der Waals surface area contributed by atoms with Crippen LogP contribution in [0, 0.1) is 5.92 Å². The zero-order valence-corrected chi connectivity index (χ0v) is 28.0. The predicted molar refractivity (Wildman–Crippen MR) is 176 cm³/mol. The molecule has 1 atom stereocenters. The molecule has 0 spiro atoms. The number of rotatable bonds is 32. The first-order valence-corrected chi connectivity index (χ1v) is 18.0. The highest BCUT2D eigenvalue weighted by Crippen LogP contribution is 2.15. The zero-order valence-electron chi connectivity index (χ0n) is 28.0. The number of hydrogen-bond acceptors (Lipinski definition) is 4. The first-order chi connectivity index (χ1) is 20.4. The van der Waals surface area contributed by atoms with Crippen molar-refractivity contribution in [3.63, 3.8) is 0 Å². The van der Waals surface area contributed by atoms with E-state index in [2.05, 4.69) is 26.1 Å². The molecule has 2 N–H and O–H groups in total. The standard InChI is InChI=1S/C36H69NO5/c1-4-5-6-7-8-9-10-11-12-13-14-17-20-23-26-29-34(38)37-33(31-35(39)40)36(41)42-30-27-24-21-18-15-16-19-22-25-28-32(2)3/h32-33H,4-31H2,1-3H3,(H,37,38)(H,39,40)/t33-/m0/s1. The molecule has 0 aromatic carbocycles. The number of ether oxygens (including phenoxy) is 1. The highest BCUT2D eigenvalue weighted by Gasteiger charge is 2.25. The lowest BCUT2D eigenvalue weighted by molar-refractivity contribution is -0.151. The highest BCUT2D eigenvalue weighted by molar-refractivity contribution is 5.87. The number of amides is 1. The van der Waals surface area contributed by atoms with Crippen LogP contribution in [0.15, 0.2) is 0 Å². The third-order valence-electron chi connectivity index (χ3n) is 8.18. The second kappa shape index (κ2) is 30.9. The van der Waals surface area contributed by atoms with Crippen molar-refractivity contribution in [2.75, 3.05) is 6.61 Å². The number of carboxylic acid groups (broad SMARTS) is 1. The van der Waals surface area contributed by atoms with Gasteiger partial charge in [-0.25, -0.2) is 4.79 Å². The Morgan fingerprint density at radius 3 is 1.43 bits per heavy atom. The van der Waals surface area contributed by atoms with E-state index in [0.29, 0.717) is 6.42 Å². The van der Waals surface area contributed by atoms with Crippen LogP contribution in [0.3, 0.4) is 0 Å². The van der Waals surface area contributed by atoms with E-state index >= 15 is 0 Å². The molecule has 42 heavy (non-hydrogen) atoms. The molecule has 0 aliphatic heterocycles. The van der Waals surface area contributed by atoms with E-state index in [1.165, 1.54) is 122 Å². The lowest BCUT2D eigenvalue weighted by Crippen LogP contribution is -2.43. The number of carbonyl (C=O) groups excluding carboxylic acids is 2. The number of nitrogens with one attached hydrogen (secondary N) is 1. The summed E-state index contributed by atoms with van der Waals surface area (Å²) in [4.78, 5) is 36.0. The van der Waals surface area contributed by atoms with Crippen LogP contribution < -0.4 is 5.32 Å². The number of carbonyl (C=O) groups is 3. The fraction of sp³-hybridized carbons (Fsp3) is 0.917. The van der Waals surface area contributed by atoms with Gasteiger partial charge in [0.1, 0.15) is 6.04 Å². The van der Waals surface area contributed by atoms with E-state index in [1.54, 1.807) is 0 Å². The van der Waals surface area contributed by atoms with Gasteiger partial charge in [0.15, 0.2) is 0 Å². The van der Waals surface area contributed by atoms with Crippen LogP contribution in [0.1, 0.15) is 194 Å². The molecule has 0 bridgehead atoms. The average Bonchev–Trinajstić information content (AvgIpc) is 2.94. The van der Waals surface area contributed by atoms with Gasteiger partial charge in [0.05, 0.1) is 13.0 Å². The molecule has 0 radical (unpaired) electrons. The molecule has 1 amide bonds. The summed E-state index contributed by atoms with van der Waals surface area (Å²) in [5, 5.41) is 11.8. The number of carboxylic acids is 1. The molecule has 0 aromatic heterocycles. The van der Waals surface area contributed by atoms with Crippen molar-refractivity contribution in [2.45, 2.75) is 200 Å². The van der Waals surface area contributed by atoms with Crippen LogP contribution in [0.5, 0.6) is 0 Å². The number of esters is 1. The molecule has 0 aromatic rings. The monoisotopic (exact) mass is 596 g/mol. The Bertz CT molecular complexity index is 636.